The van der Waals surface area contributed by atoms with E-state index in [4.69, 9.17) is 0 Å². The van der Waals surface area contributed by atoms with Gasteiger partial charge in [0.15, 0.2) is 5.71 Å². The molecule has 2 heteroatoms. The van der Waals surface area contributed by atoms with E-state index in [-0.39, 0.29) is 10.8 Å². The Morgan fingerprint density at radius 3 is 2.42 bits per heavy atom. The molecule has 0 N–H and O–H groups in total. The number of aryl methyl sites for hydroxylation is 1. The van der Waals surface area contributed by atoms with E-state index >= 15 is 0 Å². The lowest BCUT2D eigenvalue weighted by Gasteiger charge is -2.27. The maximum Gasteiger partial charge on any atom is 0.217 e. The molecule has 0 amide bonds. The second-order valence-corrected chi connectivity index (χ2v) is 11.5. The van der Waals surface area contributed by atoms with Crippen molar-refractivity contribution in [2.75, 3.05) is 18.0 Å². The second kappa shape index (κ2) is 9.07. The minimum absolute atomic E-state index is 0.0150. The number of rotatable bonds is 6. The van der Waals surface area contributed by atoms with Crippen LogP contribution >= 0.6 is 0 Å². The van der Waals surface area contributed by atoms with Crippen LogP contribution in [0.1, 0.15) is 71.1 Å². The van der Waals surface area contributed by atoms with Crippen LogP contribution in [-0.4, -0.2) is 23.4 Å². The molecule has 3 aromatic carbocycles. The Morgan fingerprint density at radius 1 is 0.889 bits per heavy atom. The summed E-state index contributed by atoms with van der Waals surface area (Å²) in [4.78, 5) is 2.56. The minimum Gasteiger partial charge on any atom is -0.344 e. The molecule has 36 heavy (non-hydrogen) atoms. The van der Waals surface area contributed by atoms with Gasteiger partial charge in [-0.1, -0.05) is 81.3 Å². The molecular weight excluding hydrogens is 436 g/mol. The molecule has 3 aromatic rings. The van der Waals surface area contributed by atoms with Crippen LogP contribution in [0.3, 0.4) is 0 Å². The molecule has 0 spiro atoms. The van der Waals surface area contributed by atoms with Gasteiger partial charge in [-0.05, 0) is 63.3 Å². The second-order valence-electron chi connectivity index (χ2n) is 11.5. The monoisotopic (exact) mass is 477 g/mol. The lowest BCUT2D eigenvalue weighted by atomic mass is 9.80. The van der Waals surface area contributed by atoms with Crippen LogP contribution in [0, 0.1) is 6.92 Å². The first-order valence-corrected chi connectivity index (χ1v) is 13.7. The molecule has 0 radical (unpaired) electrons. The lowest BCUT2D eigenvalue weighted by molar-refractivity contribution is -0.431. The number of hydrogen-bond donors (Lipinski definition) is 0. The third-order valence-electron chi connectivity index (χ3n) is 8.38. The number of unbranched alkanes of at least 4 members (excludes halogenated alkanes) is 1. The van der Waals surface area contributed by atoms with Gasteiger partial charge in [0.25, 0.3) is 0 Å². The third kappa shape index (κ3) is 3.74. The molecule has 0 bridgehead atoms. The molecule has 2 aliphatic heterocycles. The zero-order valence-corrected chi connectivity index (χ0v) is 23.2. The average Bonchev–Trinajstić information content (AvgIpc) is 3.21. The number of fused-ring (bicyclic) bond motifs is 4. The van der Waals surface area contributed by atoms with Gasteiger partial charge in [0.2, 0.25) is 5.69 Å². The largest absolute Gasteiger partial charge is 0.344 e. The fourth-order valence-corrected chi connectivity index (χ4v) is 6.35. The van der Waals surface area contributed by atoms with E-state index in [0.717, 1.165) is 13.1 Å². The standard InChI is InChI=1S/C34H41N2/c1-8-10-22-36-29-21-18-24(3)23-28(29)34(6,7)31(36)17-13-16-30-33(4,5)27-20-19-25-14-11-12-15-26(25)32(27)35(30)9-2/h11-21,23H,8-10,22H2,1-7H3/q+1. The molecule has 0 aliphatic carbocycles. The van der Waals surface area contributed by atoms with Gasteiger partial charge < -0.3 is 4.90 Å². The zero-order chi connectivity index (χ0) is 25.7. The maximum atomic E-state index is 2.56. The van der Waals surface area contributed by atoms with E-state index in [1.165, 1.54) is 63.1 Å². The van der Waals surface area contributed by atoms with Crippen molar-refractivity contribution in [3.05, 3.63) is 95.2 Å². The summed E-state index contributed by atoms with van der Waals surface area (Å²) in [5.74, 6) is 0. The molecular formula is C34H41N2+. The Labute approximate surface area is 217 Å². The normalized spacial score (nSPS) is 19.1. The van der Waals surface area contributed by atoms with Gasteiger partial charge in [0.05, 0.1) is 10.8 Å². The molecule has 0 atom stereocenters. The molecule has 2 aliphatic rings. The van der Waals surface area contributed by atoms with Crippen LogP contribution in [0.5, 0.6) is 0 Å². The summed E-state index contributed by atoms with van der Waals surface area (Å²) in [5, 5.41) is 2.66. The van der Waals surface area contributed by atoms with Crippen LogP contribution in [0.25, 0.3) is 10.8 Å². The van der Waals surface area contributed by atoms with Crippen molar-refractivity contribution in [3.63, 3.8) is 0 Å². The highest BCUT2D eigenvalue weighted by Crippen LogP contribution is 2.48. The van der Waals surface area contributed by atoms with Gasteiger partial charge in [-0.15, -0.1) is 0 Å². The topological polar surface area (TPSA) is 6.25 Å². The van der Waals surface area contributed by atoms with Gasteiger partial charge in [-0.3, -0.25) is 0 Å². The Kier molecular flexibility index (Phi) is 6.19. The lowest BCUT2D eigenvalue weighted by Crippen LogP contribution is -2.28. The molecule has 5 rings (SSSR count). The predicted octanol–water partition coefficient (Wildman–Crippen LogP) is 8.58. The SMILES string of the molecule is CCCCN1C(=CC=CC2=[N+](CC)c3c(ccc4ccccc34)C2(C)C)C(C)(C)c2cc(C)ccc21. The molecule has 0 unspecified atom stereocenters. The van der Waals surface area contributed by atoms with Crippen LogP contribution in [0.4, 0.5) is 11.4 Å². The van der Waals surface area contributed by atoms with Crippen LogP contribution in [-0.2, 0) is 10.8 Å². The Bertz CT molecular complexity index is 1410. The molecule has 0 saturated carbocycles. The number of nitrogens with zero attached hydrogens (tertiary/aromatic N) is 2. The van der Waals surface area contributed by atoms with E-state index < -0.39 is 0 Å². The van der Waals surface area contributed by atoms with E-state index in [1.54, 1.807) is 0 Å². The van der Waals surface area contributed by atoms with Crippen molar-refractivity contribution in [2.24, 2.45) is 0 Å². The van der Waals surface area contributed by atoms with Gasteiger partial charge in [-0.2, -0.15) is 4.58 Å². The fraction of sp³-hybridized carbons (Fsp3) is 0.382. The number of benzene rings is 3. The number of hydrogen-bond acceptors (Lipinski definition) is 1. The van der Waals surface area contributed by atoms with Crippen molar-refractivity contribution in [3.8, 4) is 0 Å². The smallest absolute Gasteiger partial charge is 0.217 e. The summed E-state index contributed by atoms with van der Waals surface area (Å²) < 4.78 is 2.53. The van der Waals surface area contributed by atoms with Crippen LogP contribution < -0.4 is 4.90 Å². The highest BCUT2D eigenvalue weighted by Gasteiger charge is 2.45. The van der Waals surface area contributed by atoms with Crippen molar-refractivity contribution in [2.45, 2.75) is 72.1 Å². The maximum absolute atomic E-state index is 2.56. The van der Waals surface area contributed by atoms with Gasteiger partial charge >= 0.3 is 0 Å². The summed E-state index contributed by atoms with van der Waals surface area (Å²) >= 11 is 0. The molecule has 0 fully saturated rings. The number of anilines is 1. The molecule has 0 saturated heterocycles. The van der Waals surface area contributed by atoms with Crippen molar-refractivity contribution in [1.82, 2.24) is 0 Å². The van der Waals surface area contributed by atoms with Gasteiger partial charge in [0.1, 0.15) is 6.54 Å². The summed E-state index contributed by atoms with van der Waals surface area (Å²) in [6, 6.07) is 20.4. The van der Waals surface area contributed by atoms with E-state index in [2.05, 4.69) is 131 Å². The summed E-state index contributed by atoms with van der Waals surface area (Å²) in [6.45, 7) is 18.3. The molecule has 186 valence electrons. The third-order valence-corrected chi connectivity index (χ3v) is 8.38. The highest BCUT2D eigenvalue weighted by atomic mass is 15.2. The minimum atomic E-state index is -0.0441. The van der Waals surface area contributed by atoms with Crippen molar-refractivity contribution >= 4 is 27.9 Å². The Hall–Kier alpha value is -3.13. The number of allylic oxidation sites excluding steroid dienone is 4. The first-order chi connectivity index (χ1) is 17.2. The summed E-state index contributed by atoms with van der Waals surface area (Å²) in [6.07, 6.45) is 9.45. The Balaban J connectivity index is 1.59. The van der Waals surface area contributed by atoms with Gasteiger partial charge in [0, 0.05) is 35.0 Å². The van der Waals surface area contributed by atoms with Gasteiger partial charge in [-0.25, -0.2) is 0 Å². The zero-order valence-electron chi connectivity index (χ0n) is 23.2. The quantitative estimate of drug-likeness (QED) is 0.322. The van der Waals surface area contributed by atoms with E-state index in [0.29, 0.717) is 0 Å². The molecule has 2 nitrogen and oxygen atoms in total. The van der Waals surface area contributed by atoms with Crippen molar-refractivity contribution < 1.29 is 4.58 Å². The molecule has 2 heterocycles. The van der Waals surface area contributed by atoms with E-state index in [9.17, 15) is 0 Å². The Morgan fingerprint density at radius 2 is 1.67 bits per heavy atom. The summed E-state index contributed by atoms with van der Waals surface area (Å²) in [5.41, 5.74) is 9.66. The van der Waals surface area contributed by atoms with Crippen LogP contribution in [0.2, 0.25) is 0 Å². The van der Waals surface area contributed by atoms with Crippen LogP contribution in [0.15, 0.2) is 78.5 Å². The first-order valence-electron chi connectivity index (χ1n) is 13.7. The predicted molar refractivity (Wildman–Crippen MR) is 156 cm³/mol. The van der Waals surface area contributed by atoms with Crippen molar-refractivity contribution in [1.29, 1.82) is 0 Å². The first kappa shape index (κ1) is 24.6. The highest BCUT2D eigenvalue weighted by molar-refractivity contribution is 6.07. The van der Waals surface area contributed by atoms with E-state index in [1.807, 2.05) is 0 Å². The molecule has 0 aromatic heterocycles. The fourth-order valence-electron chi connectivity index (χ4n) is 6.35. The summed E-state index contributed by atoms with van der Waals surface area (Å²) in [7, 11) is 0. The average molecular weight is 478 g/mol.